The van der Waals surface area contributed by atoms with E-state index in [0.29, 0.717) is 30.3 Å². The molecule has 3 rings (SSSR count). The number of nitrogens with zero attached hydrogens (tertiary/aromatic N) is 1. The second-order valence-corrected chi connectivity index (χ2v) is 6.81. The van der Waals surface area contributed by atoms with Crippen LogP contribution in [0.4, 0.5) is 4.79 Å². The summed E-state index contributed by atoms with van der Waals surface area (Å²) in [7, 11) is 1.50. The lowest BCUT2D eigenvalue weighted by atomic mass is 9.77. The summed E-state index contributed by atoms with van der Waals surface area (Å²) in [6.45, 7) is 1.78. The zero-order chi connectivity index (χ0) is 18.7. The Kier molecular flexibility index (Phi) is 5.01. The predicted molar refractivity (Wildman–Crippen MR) is 92.4 cm³/mol. The zero-order valence-corrected chi connectivity index (χ0v) is 14.9. The molecule has 1 aliphatic heterocycles. The van der Waals surface area contributed by atoms with Gasteiger partial charge in [-0.05, 0) is 43.7 Å². The van der Waals surface area contributed by atoms with Crippen LogP contribution in [-0.2, 0) is 9.59 Å². The molecule has 26 heavy (non-hydrogen) atoms. The summed E-state index contributed by atoms with van der Waals surface area (Å²) in [4.78, 5) is 37.0. The van der Waals surface area contributed by atoms with Gasteiger partial charge in [0.05, 0.1) is 7.11 Å². The molecule has 1 aliphatic carbocycles. The van der Waals surface area contributed by atoms with Gasteiger partial charge < -0.3 is 14.8 Å². The lowest BCUT2D eigenvalue weighted by Crippen LogP contribution is -2.52. The predicted octanol–water partition coefficient (Wildman–Crippen LogP) is 1.61. The molecule has 0 unspecified atom stereocenters. The van der Waals surface area contributed by atoms with Crippen LogP contribution < -0.4 is 20.2 Å². The number of urea groups is 1. The van der Waals surface area contributed by atoms with Gasteiger partial charge in [-0.25, -0.2) is 4.79 Å². The molecule has 0 aromatic heterocycles. The van der Waals surface area contributed by atoms with E-state index in [9.17, 15) is 14.4 Å². The molecule has 140 valence electrons. The molecule has 8 heteroatoms. The van der Waals surface area contributed by atoms with Crippen molar-refractivity contribution in [1.82, 2.24) is 15.8 Å². The van der Waals surface area contributed by atoms with Crippen molar-refractivity contribution >= 4 is 17.8 Å². The van der Waals surface area contributed by atoms with Gasteiger partial charge in [-0.2, -0.15) is 5.01 Å². The average Bonchev–Trinajstić information content (AvgIpc) is 2.87. The van der Waals surface area contributed by atoms with Crippen LogP contribution in [0.25, 0.3) is 0 Å². The van der Waals surface area contributed by atoms with Gasteiger partial charge in [-0.3, -0.25) is 15.0 Å². The summed E-state index contributed by atoms with van der Waals surface area (Å²) in [5, 5.41) is 3.52. The number of carbonyl (C=O) groups excluding carboxylic acids is 3. The van der Waals surface area contributed by atoms with E-state index in [4.69, 9.17) is 9.47 Å². The fourth-order valence-electron chi connectivity index (χ4n) is 3.35. The largest absolute Gasteiger partial charge is 0.493 e. The number of carbonyl (C=O) groups is 3. The second-order valence-electron chi connectivity index (χ2n) is 6.81. The smallest absolute Gasteiger partial charge is 0.344 e. The molecule has 8 nitrogen and oxygen atoms in total. The first-order valence-electron chi connectivity index (χ1n) is 8.67. The lowest BCUT2D eigenvalue weighted by Gasteiger charge is -2.33. The number of amides is 4. The van der Waals surface area contributed by atoms with E-state index in [1.807, 2.05) is 0 Å². The topological polar surface area (TPSA) is 97.0 Å². The number of nitrogens with one attached hydrogen (secondary N) is 2. The minimum Gasteiger partial charge on any atom is -0.493 e. The van der Waals surface area contributed by atoms with Crippen LogP contribution in [0, 0.1) is 5.92 Å². The standard InChI is InChI=1S/C18H23N3O5/c1-12-7-9-18(10-8-12)16(23)21(17(24)19-18)20-15(22)11-26-14-6-4-3-5-13(14)25-2/h3-6,12H,7-11H2,1-2H3,(H,19,24)(H,20,22). The third-order valence-corrected chi connectivity index (χ3v) is 4.95. The Hall–Kier alpha value is -2.77. The number of hydrazine groups is 1. The van der Waals surface area contributed by atoms with Crippen molar-refractivity contribution < 1.29 is 23.9 Å². The Morgan fingerprint density at radius 1 is 1.27 bits per heavy atom. The van der Waals surface area contributed by atoms with Crippen molar-refractivity contribution in [3.05, 3.63) is 24.3 Å². The number of para-hydroxylation sites is 2. The highest BCUT2D eigenvalue weighted by Crippen LogP contribution is 2.35. The van der Waals surface area contributed by atoms with Gasteiger partial charge in [0.2, 0.25) is 0 Å². The molecule has 0 atom stereocenters. The van der Waals surface area contributed by atoms with E-state index >= 15 is 0 Å². The summed E-state index contributed by atoms with van der Waals surface area (Å²) in [5.41, 5.74) is 1.45. The van der Waals surface area contributed by atoms with Gasteiger partial charge in [0, 0.05) is 0 Å². The molecule has 2 N–H and O–H groups in total. The lowest BCUT2D eigenvalue weighted by molar-refractivity contribution is -0.140. The first-order valence-corrected chi connectivity index (χ1v) is 8.67. The van der Waals surface area contributed by atoms with E-state index in [2.05, 4.69) is 17.7 Å². The van der Waals surface area contributed by atoms with Gasteiger partial charge in [0.25, 0.3) is 11.8 Å². The van der Waals surface area contributed by atoms with E-state index in [0.717, 1.165) is 17.9 Å². The maximum atomic E-state index is 12.7. The Bertz CT molecular complexity index is 713. The molecule has 4 amide bonds. The summed E-state index contributed by atoms with van der Waals surface area (Å²) >= 11 is 0. The zero-order valence-electron chi connectivity index (χ0n) is 14.9. The highest BCUT2D eigenvalue weighted by Gasteiger charge is 2.52. The minimum atomic E-state index is -0.889. The fraction of sp³-hybridized carbons (Fsp3) is 0.500. The third kappa shape index (κ3) is 3.44. The highest BCUT2D eigenvalue weighted by atomic mass is 16.5. The number of benzene rings is 1. The fourth-order valence-corrected chi connectivity index (χ4v) is 3.35. The van der Waals surface area contributed by atoms with Crippen molar-refractivity contribution in [3.8, 4) is 11.5 Å². The van der Waals surface area contributed by atoms with Gasteiger partial charge in [0.15, 0.2) is 18.1 Å². The van der Waals surface area contributed by atoms with E-state index in [1.165, 1.54) is 7.11 Å². The van der Waals surface area contributed by atoms with Gasteiger partial charge >= 0.3 is 6.03 Å². The second kappa shape index (κ2) is 7.23. The van der Waals surface area contributed by atoms with Crippen molar-refractivity contribution in [1.29, 1.82) is 0 Å². The van der Waals surface area contributed by atoms with Crippen LogP contribution in [0.15, 0.2) is 24.3 Å². The highest BCUT2D eigenvalue weighted by molar-refractivity contribution is 6.08. The van der Waals surface area contributed by atoms with E-state index in [-0.39, 0.29) is 6.61 Å². The van der Waals surface area contributed by atoms with E-state index in [1.54, 1.807) is 24.3 Å². The van der Waals surface area contributed by atoms with Crippen LogP contribution in [0.1, 0.15) is 32.6 Å². The van der Waals surface area contributed by atoms with Crippen LogP contribution >= 0.6 is 0 Å². The number of hydrogen-bond donors (Lipinski definition) is 2. The van der Waals surface area contributed by atoms with Crippen molar-refractivity contribution in [2.45, 2.75) is 38.1 Å². The molecule has 1 aromatic rings. The molecule has 1 saturated carbocycles. The minimum absolute atomic E-state index is 0.346. The molecule has 2 fully saturated rings. The van der Waals surface area contributed by atoms with Gasteiger partial charge in [-0.1, -0.05) is 19.1 Å². The molecule has 0 radical (unpaired) electrons. The quantitative estimate of drug-likeness (QED) is 0.777. The normalized spacial score (nSPS) is 25.2. The van der Waals surface area contributed by atoms with Gasteiger partial charge in [0.1, 0.15) is 5.54 Å². The molecule has 2 aliphatic rings. The monoisotopic (exact) mass is 361 g/mol. The van der Waals surface area contributed by atoms with Gasteiger partial charge in [-0.15, -0.1) is 0 Å². The van der Waals surface area contributed by atoms with E-state index < -0.39 is 23.4 Å². The number of ether oxygens (including phenoxy) is 2. The van der Waals surface area contributed by atoms with Crippen LogP contribution in [-0.4, -0.2) is 42.1 Å². The Morgan fingerprint density at radius 2 is 1.92 bits per heavy atom. The van der Waals surface area contributed by atoms with Crippen LogP contribution in [0.5, 0.6) is 11.5 Å². The molecule has 0 bridgehead atoms. The molecule has 1 heterocycles. The molecule has 1 spiro atoms. The summed E-state index contributed by atoms with van der Waals surface area (Å²) < 4.78 is 10.6. The first-order chi connectivity index (χ1) is 12.4. The van der Waals surface area contributed by atoms with Crippen molar-refractivity contribution in [2.75, 3.05) is 13.7 Å². The SMILES string of the molecule is COc1ccccc1OCC(=O)NN1C(=O)NC2(CCC(C)CC2)C1=O. The summed E-state index contributed by atoms with van der Waals surface area (Å²) in [6.07, 6.45) is 2.90. The maximum Gasteiger partial charge on any atom is 0.344 e. The summed E-state index contributed by atoms with van der Waals surface area (Å²) in [6, 6.07) is 6.30. The molecule has 1 saturated heterocycles. The third-order valence-electron chi connectivity index (χ3n) is 4.95. The first kappa shape index (κ1) is 18.0. The Labute approximate surface area is 151 Å². The maximum absolute atomic E-state index is 12.7. The van der Waals surface area contributed by atoms with Crippen LogP contribution in [0.3, 0.4) is 0 Å². The molecule has 1 aromatic carbocycles. The van der Waals surface area contributed by atoms with Crippen molar-refractivity contribution in [3.63, 3.8) is 0 Å². The average molecular weight is 361 g/mol. The number of hydrogen-bond acceptors (Lipinski definition) is 5. The molecular formula is C18H23N3O5. The number of methoxy groups -OCH3 is 1. The Balaban J connectivity index is 1.59. The number of imide groups is 1. The van der Waals surface area contributed by atoms with Crippen LogP contribution in [0.2, 0.25) is 0 Å². The summed E-state index contributed by atoms with van der Waals surface area (Å²) in [5.74, 6) is 0.426. The molecular weight excluding hydrogens is 338 g/mol. The number of rotatable bonds is 5. The van der Waals surface area contributed by atoms with Crippen molar-refractivity contribution in [2.24, 2.45) is 5.92 Å². The Morgan fingerprint density at radius 3 is 2.58 bits per heavy atom.